The van der Waals surface area contributed by atoms with Gasteiger partial charge in [0.25, 0.3) is 0 Å². The normalized spacial score (nSPS) is 38.6. The summed E-state index contributed by atoms with van der Waals surface area (Å²) in [6.07, 6.45) is 3.99. The van der Waals surface area contributed by atoms with E-state index in [0.29, 0.717) is 12.8 Å². The molecule has 0 spiro atoms. The Balaban J connectivity index is 1.92. The van der Waals surface area contributed by atoms with Gasteiger partial charge in [-0.05, 0) is 52.5 Å². The zero-order valence-electron chi connectivity index (χ0n) is 23.6. The zero-order valence-corrected chi connectivity index (χ0v) is 23.6. The van der Waals surface area contributed by atoms with Crippen molar-refractivity contribution in [2.45, 2.75) is 115 Å². The summed E-state index contributed by atoms with van der Waals surface area (Å²) < 4.78 is 16.7. The summed E-state index contributed by atoms with van der Waals surface area (Å²) in [6.45, 7) is 9.36. The number of ether oxygens (including phenoxy) is 3. The summed E-state index contributed by atoms with van der Waals surface area (Å²) in [4.78, 5) is 23.7. The molecule has 2 saturated heterocycles. The maximum Gasteiger partial charge on any atom is 0.306 e. The maximum absolute atomic E-state index is 12.4. The van der Waals surface area contributed by atoms with Crippen molar-refractivity contribution in [2.75, 3.05) is 6.61 Å². The van der Waals surface area contributed by atoms with Crippen molar-refractivity contribution in [3.05, 3.63) is 36.0 Å². The average molecular weight is 556 g/mol. The molecule has 0 aromatic heterocycles. The minimum atomic E-state index is -2.35. The fraction of sp³-hybridized carbons (Fsp3) is 0.714. The number of allylic oxidation sites excluding steroid dienone is 2. The molecular weight excluding hydrogens is 510 g/mol. The first-order valence-electron chi connectivity index (χ1n) is 13.4. The Labute approximate surface area is 230 Å². The van der Waals surface area contributed by atoms with E-state index in [1.54, 1.807) is 19.9 Å². The van der Waals surface area contributed by atoms with Gasteiger partial charge in [0.1, 0.15) is 30.0 Å². The van der Waals surface area contributed by atoms with Crippen LogP contribution < -0.4 is 5.32 Å². The van der Waals surface area contributed by atoms with Crippen molar-refractivity contribution in [3.8, 4) is 0 Å². The Morgan fingerprint density at radius 1 is 1.21 bits per heavy atom. The number of nitrogens with one attached hydrogen (secondary N) is 1. The molecule has 0 bridgehead atoms. The SMILES string of the molecule is CCC(=O)OC(C)C=CC(=O)NC1CC(C)C(CC=C(C)C=CC2OC(C)(O)C(O)C(O)(CO)C2O)OC1C. The van der Waals surface area contributed by atoms with E-state index in [4.69, 9.17) is 14.2 Å². The van der Waals surface area contributed by atoms with Gasteiger partial charge in [-0.3, -0.25) is 9.59 Å². The fourth-order valence-corrected chi connectivity index (χ4v) is 4.75. The highest BCUT2D eigenvalue weighted by molar-refractivity contribution is 5.87. The van der Waals surface area contributed by atoms with Crippen molar-refractivity contribution in [1.82, 2.24) is 5.32 Å². The van der Waals surface area contributed by atoms with Gasteiger partial charge in [-0.15, -0.1) is 0 Å². The van der Waals surface area contributed by atoms with Crippen molar-refractivity contribution >= 4 is 11.9 Å². The molecule has 39 heavy (non-hydrogen) atoms. The first kappa shape index (κ1) is 33.1. The third-order valence-corrected chi connectivity index (χ3v) is 7.32. The van der Waals surface area contributed by atoms with Crippen LogP contribution in [0.4, 0.5) is 0 Å². The van der Waals surface area contributed by atoms with E-state index in [-0.39, 0.29) is 42.5 Å². The molecule has 2 rings (SSSR count). The quantitative estimate of drug-likeness (QED) is 0.127. The van der Waals surface area contributed by atoms with Crippen molar-refractivity contribution in [3.63, 3.8) is 0 Å². The van der Waals surface area contributed by atoms with E-state index in [0.717, 1.165) is 12.5 Å². The lowest BCUT2D eigenvalue weighted by atomic mass is 9.80. The van der Waals surface area contributed by atoms with Crippen LogP contribution in [0.3, 0.4) is 0 Å². The second kappa shape index (κ2) is 14.0. The van der Waals surface area contributed by atoms with Gasteiger partial charge in [0, 0.05) is 12.5 Å². The average Bonchev–Trinajstić information content (AvgIpc) is 2.88. The molecule has 10 unspecified atom stereocenters. The van der Waals surface area contributed by atoms with Gasteiger partial charge >= 0.3 is 5.97 Å². The number of carbonyl (C=O) groups excluding carboxylic acids is 2. The molecule has 2 heterocycles. The molecule has 0 saturated carbocycles. The largest absolute Gasteiger partial charge is 0.458 e. The topological polar surface area (TPSA) is 175 Å². The van der Waals surface area contributed by atoms with Crippen LogP contribution in [0.15, 0.2) is 36.0 Å². The molecule has 0 aromatic carbocycles. The predicted octanol–water partition coefficient (Wildman–Crippen LogP) is 0.628. The van der Waals surface area contributed by atoms with Gasteiger partial charge in [0.15, 0.2) is 5.79 Å². The second-order valence-corrected chi connectivity index (χ2v) is 10.8. The smallest absolute Gasteiger partial charge is 0.306 e. The highest BCUT2D eigenvalue weighted by atomic mass is 16.7. The molecule has 0 radical (unpaired) electrons. The molecule has 11 nitrogen and oxygen atoms in total. The number of hydrogen-bond acceptors (Lipinski definition) is 10. The number of aliphatic hydroxyl groups is 5. The van der Waals surface area contributed by atoms with E-state index < -0.39 is 42.4 Å². The van der Waals surface area contributed by atoms with Crippen LogP contribution in [0.5, 0.6) is 0 Å². The predicted molar refractivity (Wildman–Crippen MR) is 142 cm³/mol. The molecule has 0 aliphatic carbocycles. The molecule has 6 N–H and O–H groups in total. The first-order chi connectivity index (χ1) is 18.1. The number of esters is 1. The number of amides is 1. The van der Waals surface area contributed by atoms with E-state index in [1.807, 2.05) is 26.8 Å². The van der Waals surface area contributed by atoms with Crippen LogP contribution in [-0.4, -0.2) is 98.1 Å². The van der Waals surface area contributed by atoms with E-state index in [9.17, 15) is 35.1 Å². The van der Waals surface area contributed by atoms with Gasteiger partial charge in [-0.2, -0.15) is 0 Å². The minimum absolute atomic E-state index is 0.0904. The Morgan fingerprint density at radius 3 is 2.49 bits per heavy atom. The molecule has 11 heteroatoms. The number of aliphatic hydroxyl groups excluding tert-OH is 3. The molecule has 222 valence electrons. The van der Waals surface area contributed by atoms with Crippen LogP contribution in [-0.2, 0) is 23.8 Å². The highest BCUT2D eigenvalue weighted by Gasteiger charge is 2.58. The molecule has 2 aliphatic rings. The maximum atomic E-state index is 12.4. The lowest BCUT2D eigenvalue weighted by molar-refractivity contribution is -0.362. The monoisotopic (exact) mass is 555 g/mol. The minimum Gasteiger partial charge on any atom is -0.458 e. The summed E-state index contributed by atoms with van der Waals surface area (Å²) in [5, 5.41) is 53.8. The summed E-state index contributed by atoms with van der Waals surface area (Å²) in [5.74, 6) is -2.64. The molecule has 2 fully saturated rings. The van der Waals surface area contributed by atoms with Gasteiger partial charge < -0.3 is 45.1 Å². The fourth-order valence-electron chi connectivity index (χ4n) is 4.75. The van der Waals surface area contributed by atoms with Crippen LogP contribution in [0.25, 0.3) is 0 Å². The Bertz CT molecular complexity index is 931. The Hall–Kier alpha value is -2.12. The van der Waals surface area contributed by atoms with Gasteiger partial charge in [-0.1, -0.05) is 37.6 Å². The van der Waals surface area contributed by atoms with Gasteiger partial charge in [0.05, 0.1) is 24.9 Å². The van der Waals surface area contributed by atoms with Crippen molar-refractivity contribution in [2.24, 2.45) is 5.92 Å². The number of carbonyl (C=O) groups is 2. The number of hydrogen-bond donors (Lipinski definition) is 6. The van der Waals surface area contributed by atoms with Crippen molar-refractivity contribution in [1.29, 1.82) is 0 Å². The summed E-state index contributed by atoms with van der Waals surface area (Å²) in [5.41, 5.74) is -1.54. The van der Waals surface area contributed by atoms with Gasteiger partial charge in [0.2, 0.25) is 5.91 Å². The third kappa shape index (κ3) is 8.68. The van der Waals surface area contributed by atoms with Crippen molar-refractivity contribution < 1.29 is 49.3 Å². The van der Waals surface area contributed by atoms with E-state index >= 15 is 0 Å². The highest BCUT2D eigenvalue weighted by Crippen LogP contribution is 2.35. The molecule has 2 aliphatic heterocycles. The molecule has 10 atom stereocenters. The summed E-state index contributed by atoms with van der Waals surface area (Å²) in [7, 11) is 0. The molecule has 1 amide bonds. The third-order valence-electron chi connectivity index (χ3n) is 7.32. The standard InChI is InChI=1S/C28H45NO10/c1-7-24(32)37-18(4)10-13-23(31)29-20-14-17(3)21(38-19(20)5)11-8-16(2)9-12-22-25(33)28(36,15-30)26(34)27(6,35)39-22/h8-10,12-13,17-22,25-26,30,33-36H,7,11,14-15H2,1-6H3,(H,29,31). The Morgan fingerprint density at radius 2 is 1.87 bits per heavy atom. The first-order valence-corrected chi connectivity index (χ1v) is 13.4. The van der Waals surface area contributed by atoms with Gasteiger partial charge in [-0.25, -0.2) is 0 Å². The second-order valence-electron chi connectivity index (χ2n) is 10.8. The molecular formula is C28H45NO10. The molecule has 0 aromatic rings. The summed E-state index contributed by atoms with van der Waals surface area (Å²) in [6, 6.07) is -0.176. The van der Waals surface area contributed by atoms with Crippen LogP contribution in [0.1, 0.15) is 60.8 Å². The van der Waals surface area contributed by atoms with E-state index in [1.165, 1.54) is 18.2 Å². The summed E-state index contributed by atoms with van der Waals surface area (Å²) >= 11 is 0. The van der Waals surface area contributed by atoms with Crippen LogP contribution >= 0.6 is 0 Å². The van der Waals surface area contributed by atoms with Crippen LogP contribution in [0.2, 0.25) is 0 Å². The lowest BCUT2D eigenvalue weighted by Crippen LogP contribution is -2.71. The lowest BCUT2D eigenvalue weighted by Gasteiger charge is -2.49. The Kier molecular flexibility index (Phi) is 11.9. The zero-order chi connectivity index (χ0) is 29.5. The van der Waals surface area contributed by atoms with E-state index in [2.05, 4.69) is 5.32 Å². The van der Waals surface area contributed by atoms with Crippen LogP contribution in [0, 0.1) is 5.92 Å². The number of rotatable bonds is 10.